The molecule has 11 rings (SSSR count). The summed E-state index contributed by atoms with van der Waals surface area (Å²) in [6.07, 6.45) is 5.98. The summed E-state index contributed by atoms with van der Waals surface area (Å²) in [5, 5.41) is 37.0. The number of phenols is 4. The van der Waals surface area contributed by atoms with Gasteiger partial charge in [0.2, 0.25) is 0 Å². The van der Waals surface area contributed by atoms with Gasteiger partial charge >= 0.3 is 0 Å². The van der Waals surface area contributed by atoms with Gasteiger partial charge in [0.15, 0.2) is 11.5 Å². The molecule has 13 heteroatoms. The third-order valence-corrected chi connectivity index (χ3v) is 16.0. The maximum atomic E-state index is 10.0. The summed E-state index contributed by atoms with van der Waals surface area (Å²) in [4.78, 5) is 0. The number of hydrogen-bond donors (Lipinski definition) is 4. The van der Waals surface area contributed by atoms with Crippen molar-refractivity contribution in [3.8, 4) is 69.0 Å². The van der Waals surface area contributed by atoms with Crippen LogP contribution in [0.1, 0.15) is 111 Å². The largest absolute Gasteiger partial charge is 0.508 e. The fourth-order valence-corrected chi connectivity index (χ4v) is 9.71. The Morgan fingerprint density at radius 1 is 0.308 bits per heavy atom. The predicted molar refractivity (Wildman–Crippen MR) is 443 cm³/mol. The molecular formula is C94H117O12Y-. The quantitative estimate of drug-likeness (QED) is 0.0477. The Bertz CT molecular complexity index is 4050. The van der Waals surface area contributed by atoms with Crippen molar-refractivity contribution in [2.24, 2.45) is 0 Å². The Morgan fingerprint density at radius 3 is 1.04 bits per heavy atom. The summed E-state index contributed by atoms with van der Waals surface area (Å²) in [5.41, 5.74) is 11.8. The van der Waals surface area contributed by atoms with Crippen LogP contribution >= 0.6 is 0 Å². The van der Waals surface area contributed by atoms with Crippen LogP contribution in [0.15, 0.2) is 292 Å². The second-order valence-corrected chi connectivity index (χ2v) is 23.8. The van der Waals surface area contributed by atoms with E-state index in [2.05, 4.69) is 109 Å². The molecule has 0 heterocycles. The van der Waals surface area contributed by atoms with Crippen molar-refractivity contribution in [3.05, 3.63) is 355 Å². The molecule has 107 heavy (non-hydrogen) atoms. The average molecular weight is 1530 g/mol. The maximum Gasteiger partial charge on any atom is 0.160 e. The van der Waals surface area contributed by atoms with Crippen LogP contribution in [-0.4, -0.2) is 77.3 Å². The Kier molecular flexibility index (Phi) is 49.8. The van der Waals surface area contributed by atoms with E-state index in [0.717, 1.165) is 64.0 Å². The molecule has 4 N–H and O–H groups in total. The van der Waals surface area contributed by atoms with Gasteiger partial charge in [0, 0.05) is 49.6 Å². The smallest absolute Gasteiger partial charge is 0.160 e. The van der Waals surface area contributed by atoms with Crippen LogP contribution in [0.5, 0.6) is 69.0 Å². The van der Waals surface area contributed by atoms with Crippen LogP contribution in [0.2, 0.25) is 0 Å². The molecule has 0 unspecified atom stereocenters. The number of hydrogen-bond acceptors (Lipinski definition) is 12. The summed E-state index contributed by atoms with van der Waals surface area (Å²) in [6, 6.07) is 85.3. The molecule has 0 aliphatic carbocycles. The van der Waals surface area contributed by atoms with Gasteiger partial charge < -0.3 is 65.7 Å². The van der Waals surface area contributed by atoms with Crippen LogP contribution < -0.4 is 37.9 Å². The van der Waals surface area contributed by atoms with E-state index in [-0.39, 0.29) is 62.5 Å². The average Bonchev–Trinajstić information content (AvgIpc) is 0.797. The second-order valence-electron chi connectivity index (χ2n) is 23.8. The molecule has 0 atom stereocenters. The number of aromatic hydroxyl groups is 4. The molecule has 0 amide bonds. The Hall–Kier alpha value is -10.4. The van der Waals surface area contributed by atoms with E-state index in [4.69, 9.17) is 48.1 Å². The molecule has 569 valence electrons. The SMILES string of the molecule is C=CCc1cc(C(C)(C)c2ccc(OC)c(CC=C)c2)ccc1O.CC.CC.COc1ccc(C(C)(C)c2ccc(C)cc2)cc1.COc1ccc(C)cc1.COc1ccc(Cc2ccc(O)cc2)cc1.COc1cccc(O)c1.COc1ccccc1.COc1ccccc1.COc1ccccc1O.[CH3-].[Y]. The predicted octanol–water partition coefficient (Wildman–Crippen LogP) is 23.2. The number of para-hydroxylation sites is 4. The minimum absolute atomic E-state index is 0. The zero-order valence-electron chi connectivity index (χ0n) is 66.7. The van der Waals surface area contributed by atoms with E-state index >= 15 is 0 Å². The molecule has 0 fully saturated rings. The molecule has 0 aliphatic rings. The Balaban J connectivity index is 0.00000123. The van der Waals surface area contributed by atoms with E-state index in [1.54, 1.807) is 123 Å². The molecule has 11 aromatic rings. The third kappa shape index (κ3) is 36.0. The first kappa shape index (κ1) is 96.6. The molecule has 0 bridgehead atoms. The number of aryl methyl sites for hydroxylation is 2. The third-order valence-electron chi connectivity index (χ3n) is 16.0. The standard InChI is InChI=1S/C22H26O2.C17H20O.C14H14O2.C8H10O.2C7H8O2.2C7H8O.2C2H6.CH3.Y/c1-6-8-16-14-18(10-12-20(16)23)22(3,4)19-11-13-21(24-5)17(15-19)9-7-2;1-13-5-7-14(8-6-13)17(2,3)15-9-11-16(18-4)12-10-15;1-16-14-8-4-12(5-9-14)10-11-2-6-13(15)7-3-11;1-7-3-5-8(9-2)6-4-7;1-9-7-4-2-3-6(8)5-7;1-9-7-5-3-2-4-6(7)8;2*1-8-7-5-3-2-4-6-7;2*1-2;;/h6-7,10-15,23H,1-2,8-9H2,3-5H3;5-12H,1-4H3;2-9,15H,10H2,1H3;3-6H,1-2H3;2*2-5,8H,1H3;2*2-6H,1H3;2*1-2H3;1H3;/q;;;;;;;;;;-1;. The second kappa shape index (κ2) is 55.1. The van der Waals surface area contributed by atoms with Crippen molar-refractivity contribution in [3.63, 3.8) is 0 Å². The monoisotopic (exact) mass is 1530 g/mol. The molecule has 1 radical (unpaired) electrons. The summed E-state index contributed by atoms with van der Waals surface area (Å²) < 4.78 is 40.2. The van der Waals surface area contributed by atoms with Gasteiger partial charge in [-0.3, -0.25) is 0 Å². The number of ether oxygens (including phenoxy) is 8. The molecule has 0 spiro atoms. The molecule has 12 nitrogen and oxygen atoms in total. The first-order valence-electron chi connectivity index (χ1n) is 34.9. The van der Waals surface area contributed by atoms with Crippen molar-refractivity contribution in [2.75, 3.05) is 56.9 Å². The van der Waals surface area contributed by atoms with E-state index in [9.17, 15) is 10.2 Å². The minimum Gasteiger partial charge on any atom is -0.508 e. The van der Waals surface area contributed by atoms with Gasteiger partial charge in [0.1, 0.15) is 57.5 Å². The Labute approximate surface area is 666 Å². The van der Waals surface area contributed by atoms with Crippen molar-refractivity contribution in [1.82, 2.24) is 0 Å². The number of methoxy groups -OCH3 is 8. The first-order valence-corrected chi connectivity index (χ1v) is 34.9. The zero-order valence-corrected chi connectivity index (χ0v) is 69.6. The van der Waals surface area contributed by atoms with E-state index < -0.39 is 0 Å². The Morgan fingerprint density at radius 2 is 0.645 bits per heavy atom. The molecule has 0 aliphatic heterocycles. The van der Waals surface area contributed by atoms with Gasteiger partial charge in [-0.2, -0.15) is 0 Å². The van der Waals surface area contributed by atoms with E-state index in [1.165, 1.54) is 46.1 Å². The fourth-order valence-electron chi connectivity index (χ4n) is 9.71. The topological polar surface area (TPSA) is 155 Å². The zero-order chi connectivity index (χ0) is 78.0. The van der Waals surface area contributed by atoms with Crippen molar-refractivity contribution in [2.45, 2.75) is 99.3 Å². The minimum atomic E-state index is -0.189. The van der Waals surface area contributed by atoms with E-state index in [0.29, 0.717) is 29.4 Å². The number of allylic oxidation sites excluding steroid dienone is 2. The summed E-state index contributed by atoms with van der Waals surface area (Å²) >= 11 is 0. The van der Waals surface area contributed by atoms with Gasteiger partial charge in [-0.05, 0) is 187 Å². The maximum absolute atomic E-state index is 10.0. The van der Waals surface area contributed by atoms with Gasteiger partial charge in [-0.1, -0.05) is 230 Å². The van der Waals surface area contributed by atoms with Gasteiger partial charge in [-0.25, -0.2) is 0 Å². The normalized spacial score (nSPS) is 9.59. The molecule has 11 aromatic carbocycles. The van der Waals surface area contributed by atoms with Crippen LogP contribution in [0, 0.1) is 21.3 Å². The fraction of sp³-hybridized carbons (Fsp3) is 0.245. The molecule has 0 saturated carbocycles. The molecule has 0 saturated heterocycles. The van der Waals surface area contributed by atoms with Crippen molar-refractivity contribution in [1.29, 1.82) is 0 Å². The van der Waals surface area contributed by atoms with Gasteiger partial charge in [-0.15, -0.1) is 13.2 Å². The van der Waals surface area contributed by atoms with Crippen molar-refractivity contribution < 1.29 is 91.0 Å². The summed E-state index contributed by atoms with van der Waals surface area (Å²) in [7, 11) is 13.1. The van der Waals surface area contributed by atoms with E-state index in [1.807, 2.05) is 179 Å². The number of phenolic OH excluding ortho intramolecular Hbond substituents is 4. The first-order chi connectivity index (χ1) is 50.6. The molecular weight excluding hydrogens is 1410 g/mol. The van der Waals surface area contributed by atoms with Crippen LogP contribution in [0.4, 0.5) is 0 Å². The van der Waals surface area contributed by atoms with Gasteiger partial charge in [0.25, 0.3) is 0 Å². The number of benzene rings is 11. The van der Waals surface area contributed by atoms with Crippen LogP contribution in [-0.2, 0) is 62.8 Å². The summed E-state index contributed by atoms with van der Waals surface area (Å²) in [5.74, 6) is 7.61. The van der Waals surface area contributed by atoms with Gasteiger partial charge in [0.05, 0.1) is 56.9 Å². The number of rotatable bonds is 18. The molecule has 0 aromatic heterocycles. The van der Waals surface area contributed by atoms with Crippen molar-refractivity contribution >= 4 is 0 Å². The van der Waals surface area contributed by atoms with Crippen LogP contribution in [0.3, 0.4) is 0 Å². The summed E-state index contributed by atoms with van der Waals surface area (Å²) in [6.45, 7) is 28.6. The van der Waals surface area contributed by atoms with Crippen LogP contribution in [0.25, 0.3) is 0 Å².